The van der Waals surface area contributed by atoms with E-state index in [0.29, 0.717) is 0 Å². The number of hydrogen-bond donors (Lipinski definition) is 0. The SMILES string of the molecule is C=C[Si](C)(OCCCCCCCCCC)OC(C)CCCCCC. The zero-order chi connectivity index (χ0) is 18.1. The molecule has 144 valence electrons. The molecule has 0 bridgehead atoms. The molecular weight excluding hydrogens is 312 g/mol. The predicted octanol–water partition coefficient (Wildman–Crippen LogP) is 7.32. The van der Waals surface area contributed by atoms with Gasteiger partial charge < -0.3 is 8.85 Å². The standard InChI is InChI=1S/C21H44O2Si/c1-6-9-11-13-14-15-16-18-20-22-24(5,8-3)23-21(4)19-17-12-10-7-2/h8,21H,3,6-7,9-20H2,1-2,4-5H3. The van der Waals surface area contributed by atoms with Crippen LogP contribution in [0.1, 0.15) is 104 Å². The lowest BCUT2D eigenvalue weighted by molar-refractivity contribution is 0.126. The van der Waals surface area contributed by atoms with Gasteiger partial charge in [-0.2, -0.15) is 0 Å². The van der Waals surface area contributed by atoms with E-state index < -0.39 is 8.56 Å². The van der Waals surface area contributed by atoms with Crippen LogP contribution in [0.2, 0.25) is 6.55 Å². The van der Waals surface area contributed by atoms with Gasteiger partial charge in [0, 0.05) is 12.7 Å². The monoisotopic (exact) mass is 356 g/mol. The Labute approximate surface area is 153 Å². The quantitative estimate of drug-likeness (QED) is 0.189. The van der Waals surface area contributed by atoms with Crippen LogP contribution in [0.4, 0.5) is 0 Å². The normalized spacial score (nSPS) is 15.2. The Kier molecular flexibility index (Phi) is 16.3. The van der Waals surface area contributed by atoms with Crippen molar-refractivity contribution in [3.63, 3.8) is 0 Å². The van der Waals surface area contributed by atoms with Crippen LogP contribution in [-0.4, -0.2) is 21.3 Å². The summed E-state index contributed by atoms with van der Waals surface area (Å²) in [6.45, 7) is 13.6. The first-order valence-corrected chi connectivity index (χ1v) is 12.9. The number of unbranched alkanes of at least 4 members (excludes halogenated alkanes) is 10. The molecule has 0 aromatic rings. The van der Waals surface area contributed by atoms with E-state index in [0.717, 1.165) is 19.4 Å². The lowest BCUT2D eigenvalue weighted by atomic mass is 10.1. The Balaban J connectivity index is 3.72. The van der Waals surface area contributed by atoms with Crippen LogP contribution < -0.4 is 0 Å². The van der Waals surface area contributed by atoms with Crippen molar-refractivity contribution in [3.8, 4) is 0 Å². The highest BCUT2D eigenvalue weighted by Crippen LogP contribution is 2.17. The molecule has 3 heteroatoms. The molecule has 0 aromatic carbocycles. The van der Waals surface area contributed by atoms with Crippen molar-refractivity contribution in [3.05, 3.63) is 12.3 Å². The van der Waals surface area contributed by atoms with Crippen molar-refractivity contribution in [2.24, 2.45) is 0 Å². The summed E-state index contributed by atoms with van der Waals surface area (Å²) in [6, 6.07) is 0. The van der Waals surface area contributed by atoms with E-state index in [1.165, 1.54) is 70.6 Å². The molecule has 0 amide bonds. The summed E-state index contributed by atoms with van der Waals surface area (Å²) in [5.41, 5.74) is 1.94. The molecule has 0 N–H and O–H groups in total. The van der Waals surface area contributed by atoms with Crippen LogP contribution in [0.5, 0.6) is 0 Å². The zero-order valence-corrected chi connectivity index (χ0v) is 18.1. The molecule has 0 rings (SSSR count). The molecule has 24 heavy (non-hydrogen) atoms. The average molecular weight is 357 g/mol. The van der Waals surface area contributed by atoms with E-state index in [2.05, 4.69) is 33.9 Å². The fourth-order valence-electron chi connectivity index (χ4n) is 2.97. The third kappa shape index (κ3) is 14.2. The largest absolute Gasteiger partial charge is 0.391 e. The Morgan fingerprint density at radius 1 is 0.833 bits per heavy atom. The van der Waals surface area contributed by atoms with E-state index in [1.807, 2.05) is 5.70 Å². The first-order chi connectivity index (χ1) is 11.6. The second-order valence-electron chi connectivity index (χ2n) is 7.32. The fourth-order valence-corrected chi connectivity index (χ4v) is 4.72. The molecule has 0 spiro atoms. The smallest absolute Gasteiger partial charge is 0.361 e. The van der Waals surface area contributed by atoms with Crippen LogP contribution in [0.15, 0.2) is 12.3 Å². The predicted molar refractivity (Wildman–Crippen MR) is 110 cm³/mol. The van der Waals surface area contributed by atoms with Crippen LogP contribution in [0.25, 0.3) is 0 Å². The van der Waals surface area contributed by atoms with Gasteiger partial charge in [0.1, 0.15) is 0 Å². The molecule has 0 saturated heterocycles. The second kappa shape index (κ2) is 16.4. The van der Waals surface area contributed by atoms with E-state index >= 15 is 0 Å². The van der Waals surface area contributed by atoms with E-state index in [9.17, 15) is 0 Å². The maximum absolute atomic E-state index is 6.24. The van der Waals surface area contributed by atoms with E-state index in [-0.39, 0.29) is 6.10 Å². The van der Waals surface area contributed by atoms with Gasteiger partial charge in [-0.1, -0.05) is 84.5 Å². The van der Waals surface area contributed by atoms with Crippen LogP contribution >= 0.6 is 0 Å². The molecule has 0 aliphatic rings. The molecule has 0 fully saturated rings. The fraction of sp³-hybridized carbons (Fsp3) is 0.905. The van der Waals surface area contributed by atoms with Crippen molar-refractivity contribution in [1.29, 1.82) is 0 Å². The van der Waals surface area contributed by atoms with Gasteiger partial charge in [-0.25, -0.2) is 0 Å². The molecule has 0 saturated carbocycles. The Morgan fingerprint density at radius 2 is 1.33 bits per heavy atom. The maximum atomic E-state index is 6.24. The summed E-state index contributed by atoms with van der Waals surface area (Å²) in [5.74, 6) is 0. The Bertz CT molecular complexity index is 283. The van der Waals surface area contributed by atoms with Gasteiger partial charge in [0.05, 0.1) is 0 Å². The topological polar surface area (TPSA) is 18.5 Å². The van der Waals surface area contributed by atoms with Crippen molar-refractivity contribution in [2.75, 3.05) is 6.61 Å². The number of rotatable bonds is 18. The molecule has 0 aliphatic carbocycles. The summed E-state index contributed by atoms with van der Waals surface area (Å²) in [4.78, 5) is 0. The van der Waals surface area contributed by atoms with Gasteiger partial charge in [0.15, 0.2) is 0 Å². The highest BCUT2D eigenvalue weighted by Gasteiger charge is 2.29. The summed E-state index contributed by atoms with van der Waals surface area (Å²) in [5, 5.41) is 0. The van der Waals surface area contributed by atoms with Gasteiger partial charge in [0.2, 0.25) is 0 Å². The Hall–Kier alpha value is -0.123. The molecule has 0 aromatic heterocycles. The molecular formula is C21H44O2Si. The summed E-state index contributed by atoms with van der Waals surface area (Å²) in [7, 11) is -2.18. The van der Waals surface area contributed by atoms with E-state index in [4.69, 9.17) is 8.85 Å². The average Bonchev–Trinajstić information content (AvgIpc) is 2.57. The molecule has 0 radical (unpaired) electrons. The maximum Gasteiger partial charge on any atom is 0.361 e. The third-order valence-corrected chi connectivity index (χ3v) is 7.05. The van der Waals surface area contributed by atoms with Crippen molar-refractivity contribution in [1.82, 2.24) is 0 Å². The van der Waals surface area contributed by atoms with Crippen molar-refractivity contribution >= 4 is 8.56 Å². The summed E-state index contributed by atoms with van der Waals surface area (Å²) < 4.78 is 12.4. The van der Waals surface area contributed by atoms with Gasteiger partial charge in [-0.15, -0.1) is 6.58 Å². The van der Waals surface area contributed by atoms with E-state index in [1.54, 1.807) is 0 Å². The molecule has 0 heterocycles. The van der Waals surface area contributed by atoms with Crippen LogP contribution in [-0.2, 0) is 8.85 Å². The van der Waals surface area contributed by atoms with Crippen LogP contribution in [0, 0.1) is 0 Å². The van der Waals surface area contributed by atoms with Crippen molar-refractivity contribution in [2.45, 2.75) is 117 Å². The highest BCUT2D eigenvalue weighted by molar-refractivity contribution is 6.71. The first kappa shape index (κ1) is 23.9. The van der Waals surface area contributed by atoms with Crippen LogP contribution in [0.3, 0.4) is 0 Å². The molecule has 2 nitrogen and oxygen atoms in total. The number of hydrogen-bond acceptors (Lipinski definition) is 2. The minimum absolute atomic E-state index is 0.287. The van der Waals surface area contributed by atoms with Gasteiger partial charge >= 0.3 is 8.56 Å². The minimum atomic E-state index is -2.18. The summed E-state index contributed by atoms with van der Waals surface area (Å²) >= 11 is 0. The third-order valence-electron chi connectivity index (χ3n) is 4.66. The molecule has 2 atom stereocenters. The lowest BCUT2D eigenvalue weighted by Crippen LogP contribution is -2.40. The first-order valence-electron chi connectivity index (χ1n) is 10.5. The molecule has 0 aliphatic heterocycles. The zero-order valence-electron chi connectivity index (χ0n) is 17.1. The molecule has 2 unspecified atom stereocenters. The van der Waals surface area contributed by atoms with Gasteiger partial charge in [-0.3, -0.25) is 0 Å². The summed E-state index contributed by atoms with van der Waals surface area (Å²) in [6.07, 6.45) is 17.3. The van der Waals surface area contributed by atoms with Crippen molar-refractivity contribution < 1.29 is 8.85 Å². The highest BCUT2D eigenvalue weighted by atomic mass is 28.4. The Morgan fingerprint density at radius 3 is 1.88 bits per heavy atom. The van der Waals surface area contributed by atoms with Gasteiger partial charge in [-0.05, 0) is 32.0 Å². The minimum Gasteiger partial charge on any atom is -0.391 e. The second-order valence-corrected chi connectivity index (χ2v) is 10.3. The van der Waals surface area contributed by atoms with Gasteiger partial charge in [0.25, 0.3) is 0 Å². The lowest BCUT2D eigenvalue weighted by Gasteiger charge is -2.27.